The van der Waals surface area contributed by atoms with E-state index in [0.29, 0.717) is 23.3 Å². The van der Waals surface area contributed by atoms with Crippen LogP contribution in [0.5, 0.6) is 11.5 Å². The molecule has 2 unspecified atom stereocenters. The fourth-order valence-electron chi connectivity index (χ4n) is 4.72. The Morgan fingerprint density at radius 2 is 1.73 bits per heavy atom. The largest absolute Gasteiger partial charge is 0.507 e. The second-order valence-electron chi connectivity index (χ2n) is 7.03. The lowest BCUT2D eigenvalue weighted by Crippen LogP contribution is -2.01. The van der Waals surface area contributed by atoms with Gasteiger partial charge in [-0.25, -0.2) is 0 Å². The summed E-state index contributed by atoms with van der Waals surface area (Å²) in [5, 5.41) is 23.5. The topological polar surface area (TPSA) is 40.5 Å². The minimum atomic E-state index is 0.437. The van der Waals surface area contributed by atoms with Gasteiger partial charge in [-0.15, -0.1) is 0 Å². The number of unbranched alkanes of at least 4 members (excludes halogenated alkanes) is 2. The van der Waals surface area contributed by atoms with Crippen molar-refractivity contribution in [3.8, 4) is 11.5 Å². The minimum absolute atomic E-state index is 0.437. The van der Waals surface area contributed by atoms with Crippen LogP contribution >= 0.6 is 0 Å². The van der Waals surface area contributed by atoms with E-state index in [4.69, 9.17) is 0 Å². The van der Waals surface area contributed by atoms with Crippen molar-refractivity contribution in [2.45, 2.75) is 63.7 Å². The third-order valence-corrected chi connectivity index (χ3v) is 5.74. The van der Waals surface area contributed by atoms with Crippen LogP contribution < -0.4 is 0 Å². The third kappa shape index (κ3) is 1.86. The van der Waals surface area contributed by atoms with E-state index >= 15 is 0 Å². The van der Waals surface area contributed by atoms with Gasteiger partial charge in [0.15, 0.2) is 0 Å². The molecule has 116 valence electrons. The SMILES string of the molecule is CCCCCc1cccc2c(O)c3c(c(O)c12)C1CCC3C1. The normalized spacial score (nSPS) is 22.4. The smallest absolute Gasteiger partial charge is 0.127 e. The first kappa shape index (κ1) is 13.9. The quantitative estimate of drug-likeness (QED) is 0.590. The number of aryl methyl sites for hydroxylation is 1. The van der Waals surface area contributed by atoms with Crippen molar-refractivity contribution in [2.24, 2.45) is 0 Å². The van der Waals surface area contributed by atoms with Gasteiger partial charge in [0.25, 0.3) is 0 Å². The maximum absolute atomic E-state index is 10.9. The van der Waals surface area contributed by atoms with E-state index in [1.807, 2.05) is 12.1 Å². The van der Waals surface area contributed by atoms with Crippen LogP contribution in [0.4, 0.5) is 0 Å². The Labute approximate surface area is 131 Å². The fraction of sp³-hybridized carbons (Fsp3) is 0.500. The van der Waals surface area contributed by atoms with Gasteiger partial charge < -0.3 is 10.2 Å². The molecule has 2 aliphatic carbocycles. The molecule has 0 saturated heterocycles. The first-order valence-corrected chi connectivity index (χ1v) is 8.71. The summed E-state index contributed by atoms with van der Waals surface area (Å²) >= 11 is 0. The summed E-state index contributed by atoms with van der Waals surface area (Å²) in [5.41, 5.74) is 3.29. The predicted octanol–water partition coefficient (Wildman–Crippen LogP) is 5.35. The second-order valence-corrected chi connectivity index (χ2v) is 7.03. The van der Waals surface area contributed by atoms with Crippen LogP contribution in [0.1, 0.15) is 74.0 Å². The molecule has 2 heteroatoms. The zero-order chi connectivity index (χ0) is 15.3. The van der Waals surface area contributed by atoms with E-state index in [-0.39, 0.29) is 0 Å². The van der Waals surface area contributed by atoms with Crippen molar-refractivity contribution in [3.05, 3.63) is 34.9 Å². The molecule has 1 saturated carbocycles. The van der Waals surface area contributed by atoms with Gasteiger partial charge in [0, 0.05) is 21.9 Å². The standard InChI is InChI=1S/C20H24O2/c1-2-3-4-6-12-7-5-8-15-16(12)20(22)18-14-10-9-13(11-14)17(18)19(15)21/h5,7-8,13-14,21-22H,2-4,6,9-11H2,1H3. The van der Waals surface area contributed by atoms with Gasteiger partial charge in [0.05, 0.1) is 0 Å². The second kappa shape index (κ2) is 5.19. The van der Waals surface area contributed by atoms with Crippen LogP contribution in [0.2, 0.25) is 0 Å². The van der Waals surface area contributed by atoms with Crippen LogP contribution in [0.25, 0.3) is 10.8 Å². The van der Waals surface area contributed by atoms with Gasteiger partial charge in [0.2, 0.25) is 0 Å². The molecule has 0 aromatic heterocycles. The molecule has 2 aromatic rings. The van der Waals surface area contributed by atoms with E-state index in [0.717, 1.165) is 54.0 Å². The molecule has 0 amide bonds. The molecule has 2 nitrogen and oxygen atoms in total. The molecule has 2 aromatic carbocycles. The molecular formula is C20H24O2. The summed E-state index contributed by atoms with van der Waals surface area (Å²) in [6.45, 7) is 2.20. The van der Waals surface area contributed by atoms with E-state index < -0.39 is 0 Å². The van der Waals surface area contributed by atoms with Crippen molar-refractivity contribution in [3.63, 3.8) is 0 Å². The van der Waals surface area contributed by atoms with Gasteiger partial charge in [-0.3, -0.25) is 0 Å². The molecular weight excluding hydrogens is 272 g/mol. The first-order chi connectivity index (χ1) is 10.7. The number of benzene rings is 2. The summed E-state index contributed by atoms with van der Waals surface area (Å²) in [5.74, 6) is 1.81. The summed E-state index contributed by atoms with van der Waals surface area (Å²) in [4.78, 5) is 0. The number of rotatable bonds is 4. The molecule has 22 heavy (non-hydrogen) atoms. The number of phenols is 2. The van der Waals surface area contributed by atoms with Crippen LogP contribution in [-0.2, 0) is 6.42 Å². The first-order valence-electron chi connectivity index (χ1n) is 8.71. The highest BCUT2D eigenvalue weighted by Crippen LogP contribution is 2.60. The Morgan fingerprint density at radius 3 is 2.45 bits per heavy atom. The van der Waals surface area contributed by atoms with Crippen molar-refractivity contribution in [2.75, 3.05) is 0 Å². The molecule has 0 aliphatic heterocycles. The Bertz CT molecular complexity index is 732. The maximum Gasteiger partial charge on any atom is 0.127 e. The van der Waals surface area contributed by atoms with E-state index in [2.05, 4.69) is 13.0 Å². The molecule has 2 atom stereocenters. The molecule has 0 spiro atoms. The Hall–Kier alpha value is -1.70. The number of fused-ring (bicyclic) bond motifs is 6. The number of hydrogen-bond acceptors (Lipinski definition) is 2. The highest BCUT2D eigenvalue weighted by atomic mass is 16.3. The molecule has 2 N–H and O–H groups in total. The lowest BCUT2D eigenvalue weighted by atomic mass is 9.85. The summed E-state index contributed by atoms with van der Waals surface area (Å²) in [6, 6.07) is 6.08. The monoisotopic (exact) mass is 296 g/mol. The third-order valence-electron chi connectivity index (χ3n) is 5.74. The van der Waals surface area contributed by atoms with Crippen LogP contribution in [0.3, 0.4) is 0 Å². The van der Waals surface area contributed by atoms with Gasteiger partial charge in [-0.05, 0) is 49.5 Å². The summed E-state index contributed by atoms with van der Waals surface area (Å²) in [7, 11) is 0. The average molecular weight is 296 g/mol. The number of phenolic OH excluding ortho intramolecular Hbond substituents is 2. The highest BCUT2D eigenvalue weighted by molar-refractivity contribution is 5.98. The molecule has 4 rings (SSSR count). The van der Waals surface area contributed by atoms with Crippen molar-refractivity contribution >= 4 is 10.8 Å². The zero-order valence-electron chi connectivity index (χ0n) is 13.2. The predicted molar refractivity (Wildman–Crippen MR) is 89.8 cm³/mol. The molecule has 1 fully saturated rings. The van der Waals surface area contributed by atoms with Gasteiger partial charge in [-0.2, -0.15) is 0 Å². The Kier molecular flexibility index (Phi) is 3.28. The van der Waals surface area contributed by atoms with E-state index in [1.165, 1.54) is 18.4 Å². The van der Waals surface area contributed by atoms with Crippen molar-refractivity contribution < 1.29 is 10.2 Å². The highest BCUT2D eigenvalue weighted by Gasteiger charge is 2.42. The average Bonchev–Trinajstić information content (AvgIpc) is 3.14. The lowest BCUT2D eigenvalue weighted by Gasteiger charge is -2.21. The summed E-state index contributed by atoms with van der Waals surface area (Å²) < 4.78 is 0. The lowest BCUT2D eigenvalue weighted by molar-refractivity contribution is 0.451. The zero-order valence-corrected chi connectivity index (χ0v) is 13.2. The van der Waals surface area contributed by atoms with Crippen LogP contribution in [0, 0.1) is 0 Å². The Morgan fingerprint density at radius 1 is 1.00 bits per heavy atom. The van der Waals surface area contributed by atoms with Gasteiger partial charge in [0.1, 0.15) is 11.5 Å². The number of hydrogen-bond donors (Lipinski definition) is 2. The molecule has 2 bridgehead atoms. The van der Waals surface area contributed by atoms with E-state index in [9.17, 15) is 10.2 Å². The van der Waals surface area contributed by atoms with Crippen LogP contribution in [0.15, 0.2) is 18.2 Å². The maximum atomic E-state index is 10.9. The Balaban J connectivity index is 1.91. The number of aromatic hydroxyl groups is 2. The minimum Gasteiger partial charge on any atom is -0.507 e. The van der Waals surface area contributed by atoms with E-state index in [1.54, 1.807) is 0 Å². The van der Waals surface area contributed by atoms with Crippen molar-refractivity contribution in [1.29, 1.82) is 0 Å². The van der Waals surface area contributed by atoms with Gasteiger partial charge >= 0.3 is 0 Å². The summed E-state index contributed by atoms with van der Waals surface area (Å²) in [6.07, 6.45) is 7.95. The van der Waals surface area contributed by atoms with Crippen LogP contribution in [-0.4, -0.2) is 10.2 Å². The molecule has 0 radical (unpaired) electrons. The molecule has 2 aliphatic rings. The molecule has 0 heterocycles. The van der Waals surface area contributed by atoms with Gasteiger partial charge in [-0.1, -0.05) is 38.0 Å². The fourth-order valence-corrected chi connectivity index (χ4v) is 4.72. The van der Waals surface area contributed by atoms with Crippen molar-refractivity contribution in [1.82, 2.24) is 0 Å².